The lowest BCUT2D eigenvalue weighted by Crippen LogP contribution is -2.16. The van der Waals surface area contributed by atoms with E-state index in [1.165, 1.54) is 18.2 Å². The molecule has 3 rings (SSSR count). The van der Waals surface area contributed by atoms with Crippen LogP contribution in [0.5, 0.6) is 0 Å². The molecule has 0 atom stereocenters. The van der Waals surface area contributed by atoms with Crippen LogP contribution in [-0.4, -0.2) is 39.4 Å². The topological polar surface area (TPSA) is 93.5 Å². The molecule has 0 aliphatic heterocycles. The highest BCUT2D eigenvalue weighted by Crippen LogP contribution is 2.34. The third kappa shape index (κ3) is 3.11. The molecule has 0 amide bonds. The molecule has 2 heterocycles. The zero-order valence-corrected chi connectivity index (χ0v) is 14.3. The van der Waals surface area contributed by atoms with E-state index in [4.69, 9.17) is 0 Å². The maximum atomic E-state index is 13.2. The summed E-state index contributed by atoms with van der Waals surface area (Å²) in [5, 5.41) is 5.78. The quantitative estimate of drug-likeness (QED) is 0.762. The Balaban J connectivity index is 2.17. The van der Waals surface area contributed by atoms with Crippen LogP contribution in [-0.2, 0) is 16.0 Å². The predicted molar refractivity (Wildman–Crippen MR) is 83.6 cm³/mol. The average Bonchev–Trinajstić information content (AvgIpc) is 3.10. The second-order valence-corrected chi connectivity index (χ2v) is 7.77. The molecule has 1 aromatic carbocycles. The van der Waals surface area contributed by atoms with Crippen molar-refractivity contribution in [2.45, 2.75) is 31.2 Å². The number of rotatable bonds is 3. The number of fused-ring (bicyclic) bond motifs is 1. The fourth-order valence-electron chi connectivity index (χ4n) is 2.50. The first-order chi connectivity index (χ1) is 11.5. The zero-order valence-electron chi connectivity index (χ0n) is 13.5. The summed E-state index contributed by atoms with van der Waals surface area (Å²) in [5.74, 6) is -0.920. The first-order valence-corrected chi connectivity index (χ1v) is 9.09. The van der Waals surface area contributed by atoms with Crippen LogP contribution >= 0.6 is 0 Å². The molecule has 3 aromatic rings. The Kier molecular flexibility index (Phi) is 3.86. The molecule has 1 N–H and O–H groups in total. The van der Waals surface area contributed by atoms with E-state index in [0.29, 0.717) is 11.1 Å². The Hall–Kier alpha value is -2.43. The minimum absolute atomic E-state index is 0.0648. The van der Waals surface area contributed by atoms with Crippen LogP contribution < -0.4 is 0 Å². The number of nitrogens with zero attached hydrogens (tertiary/aromatic N) is 4. The fraction of sp³-hybridized carbons (Fsp3) is 0.357. The normalized spacial score (nSPS) is 13.1. The van der Waals surface area contributed by atoms with Crippen molar-refractivity contribution in [2.75, 3.05) is 6.26 Å². The number of hydrogen-bond donors (Lipinski definition) is 1. The number of benzene rings is 1. The minimum Gasteiger partial charge on any atom is -0.318 e. The van der Waals surface area contributed by atoms with Gasteiger partial charge >= 0.3 is 6.18 Å². The van der Waals surface area contributed by atoms with Gasteiger partial charge in [0.05, 0.1) is 11.0 Å². The number of halogens is 3. The standard InChI is InChI=1S/C14H14F3N5O2S/c1-7(2)22-10-5-4-8(6-9(10)18-12(22)14(15,16)17)11-19-13(21-20-11)25(3,23)24/h4-7H,1-3H3,(H,19,20,21). The predicted octanol–water partition coefficient (Wildman–Crippen LogP) is 2.82. The summed E-state index contributed by atoms with van der Waals surface area (Å²) in [4.78, 5) is 7.56. The first kappa shape index (κ1) is 17.4. The largest absolute Gasteiger partial charge is 0.449 e. The molecule has 0 saturated heterocycles. The number of hydrogen-bond acceptors (Lipinski definition) is 5. The van der Waals surface area contributed by atoms with Crippen LogP contribution in [0.1, 0.15) is 25.7 Å². The van der Waals surface area contributed by atoms with E-state index in [1.807, 2.05) is 0 Å². The summed E-state index contributed by atoms with van der Waals surface area (Å²) in [6.07, 6.45) is -3.61. The second kappa shape index (κ2) is 5.55. The van der Waals surface area contributed by atoms with Crippen molar-refractivity contribution < 1.29 is 21.6 Å². The summed E-state index contributed by atoms with van der Waals surface area (Å²) < 4.78 is 63.7. The van der Waals surface area contributed by atoms with Crippen LogP contribution in [0.3, 0.4) is 0 Å². The molecule has 0 fully saturated rings. The third-order valence-corrected chi connectivity index (χ3v) is 4.42. The highest BCUT2D eigenvalue weighted by atomic mass is 32.2. The fourth-order valence-corrected chi connectivity index (χ4v) is 2.97. The number of alkyl halides is 3. The van der Waals surface area contributed by atoms with Gasteiger partial charge in [0.2, 0.25) is 20.8 Å². The number of H-pyrrole nitrogens is 1. The van der Waals surface area contributed by atoms with Crippen molar-refractivity contribution >= 4 is 20.9 Å². The summed E-state index contributed by atoms with van der Waals surface area (Å²) in [5.41, 5.74) is 0.815. The number of imidazole rings is 1. The van der Waals surface area contributed by atoms with E-state index in [1.54, 1.807) is 13.8 Å². The SMILES string of the molecule is CC(C)n1c(C(F)(F)F)nc2cc(-c3n[nH]c(S(C)(=O)=O)n3)ccc21. The minimum atomic E-state index is -4.59. The van der Waals surface area contributed by atoms with Crippen molar-refractivity contribution in [3.63, 3.8) is 0 Å². The Morgan fingerprint density at radius 2 is 1.88 bits per heavy atom. The Morgan fingerprint density at radius 1 is 1.20 bits per heavy atom. The van der Waals surface area contributed by atoms with E-state index in [0.717, 1.165) is 10.8 Å². The van der Waals surface area contributed by atoms with Gasteiger partial charge < -0.3 is 4.57 Å². The van der Waals surface area contributed by atoms with Crippen molar-refractivity contribution in [2.24, 2.45) is 0 Å². The van der Waals surface area contributed by atoms with Gasteiger partial charge in [-0.25, -0.2) is 18.5 Å². The Labute approximate surface area is 140 Å². The van der Waals surface area contributed by atoms with Gasteiger partial charge in [0.1, 0.15) is 0 Å². The average molecular weight is 373 g/mol. The zero-order chi connectivity index (χ0) is 18.6. The van der Waals surface area contributed by atoms with Crippen LogP contribution in [0.25, 0.3) is 22.4 Å². The molecule has 7 nitrogen and oxygen atoms in total. The summed E-state index contributed by atoms with van der Waals surface area (Å²) in [6, 6.07) is 3.98. The van der Waals surface area contributed by atoms with E-state index >= 15 is 0 Å². The molecule has 11 heteroatoms. The molecule has 0 unspecified atom stereocenters. The van der Waals surface area contributed by atoms with Crippen molar-refractivity contribution in [1.82, 2.24) is 24.7 Å². The number of nitrogens with one attached hydrogen (secondary N) is 1. The van der Waals surface area contributed by atoms with Crippen LogP contribution in [0.15, 0.2) is 23.4 Å². The third-order valence-electron chi connectivity index (χ3n) is 3.53. The van der Waals surface area contributed by atoms with Gasteiger partial charge in [-0.15, -0.1) is 0 Å². The second-order valence-electron chi connectivity index (χ2n) is 5.84. The van der Waals surface area contributed by atoms with Gasteiger partial charge in [0, 0.05) is 17.9 Å². The van der Waals surface area contributed by atoms with Gasteiger partial charge in [0.15, 0.2) is 5.82 Å². The molecule has 0 saturated carbocycles. The highest BCUT2D eigenvalue weighted by Gasteiger charge is 2.38. The number of aromatic amines is 1. The lowest BCUT2D eigenvalue weighted by Gasteiger charge is -2.14. The van der Waals surface area contributed by atoms with E-state index in [2.05, 4.69) is 20.2 Å². The number of aromatic nitrogens is 5. The molecule has 134 valence electrons. The van der Waals surface area contributed by atoms with Crippen molar-refractivity contribution in [3.05, 3.63) is 24.0 Å². The maximum Gasteiger partial charge on any atom is 0.449 e. The van der Waals surface area contributed by atoms with Crippen LogP contribution in [0.4, 0.5) is 13.2 Å². The molecule has 0 aliphatic rings. The molecule has 0 radical (unpaired) electrons. The molecule has 0 aliphatic carbocycles. The van der Waals surface area contributed by atoms with Crippen LogP contribution in [0, 0.1) is 0 Å². The highest BCUT2D eigenvalue weighted by molar-refractivity contribution is 7.90. The van der Waals surface area contributed by atoms with Gasteiger partial charge in [-0.3, -0.25) is 0 Å². The molecule has 0 bridgehead atoms. The molecular weight excluding hydrogens is 359 g/mol. The van der Waals surface area contributed by atoms with Gasteiger partial charge in [0.25, 0.3) is 0 Å². The Morgan fingerprint density at radius 3 is 2.40 bits per heavy atom. The summed E-state index contributed by atoms with van der Waals surface area (Å²) >= 11 is 0. The van der Waals surface area contributed by atoms with Crippen LogP contribution in [0.2, 0.25) is 0 Å². The maximum absolute atomic E-state index is 13.2. The van der Waals surface area contributed by atoms with E-state index < -0.39 is 27.9 Å². The molecule has 2 aromatic heterocycles. The van der Waals surface area contributed by atoms with Crippen molar-refractivity contribution in [1.29, 1.82) is 0 Å². The van der Waals surface area contributed by atoms with E-state index in [-0.39, 0.29) is 16.5 Å². The van der Waals surface area contributed by atoms with E-state index in [9.17, 15) is 21.6 Å². The van der Waals surface area contributed by atoms with Gasteiger partial charge in [-0.2, -0.15) is 23.3 Å². The van der Waals surface area contributed by atoms with Gasteiger partial charge in [-0.05, 0) is 32.0 Å². The first-order valence-electron chi connectivity index (χ1n) is 7.20. The summed E-state index contributed by atoms with van der Waals surface area (Å²) in [6.45, 7) is 3.27. The lowest BCUT2D eigenvalue weighted by molar-refractivity contribution is -0.147. The smallest absolute Gasteiger partial charge is 0.318 e. The number of sulfone groups is 1. The van der Waals surface area contributed by atoms with Crippen molar-refractivity contribution in [3.8, 4) is 11.4 Å². The Bertz CT molecular complexity index is 1050. The molecule has 0 spiro atoms. The monoisotopic (exact) mass is 373 g/mol. The summed E-state index contributed by atoms with van der Waals surface area (Å²) in [7, 11) is -3.56. The molecular formula is C14H14F3N5O2S. The van der Waals surface area contributed by atoms with Gasteiger partial charge in [-0.1, -0.05) is 0 Å². The lowest BCUT2D eigenvalue weighted by atomic mass is 10.2. The molecule has 25 heavy (non-hydrogen) atoms.